The number of hydrogen-bond acceptors (Lipinski definition) is 2. The van der Waals surface area contributed by atoms with Crippen molar-refractivity contribution < 1.29 is 4.74 Å². The Morgan fingerprint density at radius 3 is 2.86 bits per heavy atom. The van der Waals surface area contributed by atoms with Gasteiger partial charge in [0.15, 0.2) is 0 Å². The Labute approximate surface area is 83.3 Å². The second-order valence-electron chi connectivity index (χ2n) is 3.28. The van der Waals surface area contributed by atoms with Crippen molar-refractivity contribution in [2.75, 3.05) is 7.11 Å². The molecule has 2 aromatic rings. The SMILES string of the molecule is CCn1nc(C)c2cc(OC)ccc21. The molecule has 0 radical (unpaired) electrons. The largest absolute Gasteiger partial charge is 0.497 e. The van der Waals surface area contributed by atoms with Crippen LogP contribution >= 0.6 is 0 Å². The van der Waals surface area contributed by atoms with Crippen LogP contribution in [0, 0.1) is 6.92 Å². The molecule has 2 rings (SSSR count). The summed E-state index contributed by atoms with van der Waals surface area (Å²) in [6.45, 7) is 5.01. The lowest BCUT2D eigenvalue weighted by Gasteiger charge is -2.00. The van der Waals surface area contributed by atoms with E-state index in [9.17, 15) is 0 Å². The van der Waals surface area contributed by atoms with Gasteiger partial charge in [-0.25, -0.2) is 0 Å². The number of nitrogens with zero attached hydrogens (tertiary/aromatic N) is 2. The molecule has 0 saturated carbocycles. The Morgan fingerprint density at radius 1 is 1.43 bits per heavy atom. The third-order valence-corrected chi connectivity index (χ3v) is 2.44. The van der Waals surface area contributed by atoms with Gasteiger partial charge in [0.05, 0.1) is 18.3 Å². The van der Waals surface area contributed by atoms with Crippen LogP contribution in [0.25, 0.3) is 10.9 Å². The number of methoxy groups -OCH3 is 1. The molecule has 0 unspecified atom stereocenters. The van der Waals surface area contributed by atoms with E-state index in [1.54, 1.807) is 7.11 Å². The molecule has 1 aromatic carbocycles. The molecule has 0 atom stereocenters. The number of rotatable bonds is 2. The quantitative estimate of drug-likeness (QED) is 0.727. The molecule has 74 valence electrons. The fourth-order valence-electron chi connectivity index (χ4n) is 1.69. The van der Waals surface area contributed by atoms with Gasteiger partial charge in [-0.1, -0.05) is 0 Å². The van der Waals surface area contributed by atoms with Crippen molar-refractivity contribution in [1.29, 1.82) is 0 Å². The molecular formula is C11H14N2O. The van der Waals surface area contributed by atoms with E-state index in [0.717, 1.165) is 18.0 Å². The Morgan fingerprint density at radius 2 is 2.21 bits per heavy atom. The van der Waals surface area contributed by atoms with E-state index in [1.807, 2.05) is 23.7 Å². The van der Waals surface area contributed by atoms with E-state index in [-0.39, 0.29) is 0 Å². The fourth-order valence-corrected chi connectivity index (χ4v) is 1.69. The average Bonchev–Trinajstić information content (AvgIpc) is 2.55. The number of fused-ring (bicyclic) bond motifs is 1. The summed E-state index contributed by atoms with van der Waals surface area (Å²) < 4.78 is 7.19. The molecule has 0 aliphatic heterocycles. The van der Waals surface area contributed by atoms with Crippen molar-refractivity contribution in [2.24, 2.45) is 0 Å². The molecule has 0 spiro atoms. The lowest BCUT2D eigenvalue weighted by Crippen LogP contribution is -1.95. The van der Waals surface area contributed by atoms with E-state index in [4.69, 9.17) is 4.74 Å². The summed E-state index contributed by atoms with van der Waals surface area (Å²) in [6.07, 6.45) is 0. The third kappa shape index (κ3) is 1.25. The molecule has 3 nitrogen and oxygen atoms in total. The molecule has 0 fully saturated rings. The highest BCUT2D eigenvalue weighted by molar-refractivity contribution is 5.83. The maximum atomic E-state index is 5.18. The van der Waals surface area contributed by atoms with Gasteiger partial charge >= 0.3 is 0 Å². The van der Waals surface area contributed by atoms with Crippen LogP contribution in [-0.4, -0.2) is 16.9 Å². The predicted octanol–water partition coefficient (Wildman–Crippen LogP) is 2.37. The summed E-state index contributed by atoms with van der Waals surface area (Å²) in [5, 5.41) is 5.62. The first-order chi connectivity index (χ1) is 6.76. The van der Waals surface area contributed by atoms with Gasteiger partial charge in [-0.3, -0.25) is 4.68 Å². The minimum atomic E-state index is 0.885. The lowest BCUT2D eigenvalue weighted by atomic mass is 10.2. The first kappa shape index (κ1) is 9.06. The standard InChI is InChI=1S/C11H14N2O/c1-4-13-11-6-5-9(14-3)7-10(11)8(2)12-13/h5-7H,4H2,1-3H3. The highest BCUT2D eigenvalue weighted by atomic mass is 16.5. The topological polar surface area (TPSA) is 27.1 Å². The molecule has 0 saturated heterocycles. The summed E-state index contributed by atoms with van der Waals surface area (Å²) in [7, 11) is 1.68. The van der Waals surface area contributed by atoms with Gasteiger partial charge in [-0.2, -0.15) is 5.10 Å². The third-order valence-electron chi connectivity index (χ3n) is 2.44. The van der Waals surface area contributed by atoms with Crippen molar-refractivity contribution in [1.82, 2.24) is 9.78 Å². The molecule has 0 aliphatic rings. The zero-order chi connectivity index (χ0) is 10.1. The van der Waals surface area contributed by atoms with Gasteiger partial charge in [0, 0.05) is 11.9 Å². The second-order valence-corrected chi connectivity index (χ2v) is 3.28. The van der Waals surface area contributed by atoms with Crippen LogP contribution < -0.4 is 4.74 Å². The van der Waals surface area contributed by atoms with Gasteiger partial charge in [-0.15, -0.1) is 0 Å². The van der Waals surface area contributed by atoms with E-state index >= 15 is 0 Å². The molecule has 1 aromatic heterocycles. The summed E-state index contributed by atoms with van der Waals surface area (Å²) in [6, 6.07) is 6.05. The number of benzene rings is 1. The van der Waals surface area contributed by atoms with Crippen LogP contribution in [0.2, 0.25) is 0 Å². The second kappa shape index (κ2) is 3.33. The predicted molar refractivity (Wildman–Crippen MR) is 56.7 cm³/mol. The van der Waals surface area contributed by atoms with Crippen molar-refractivity contribution in [3.05, 3.63) is 23.9 Å². The van der Waals surface area contributed by atoms with E-state index in [1.165, 1.54) is 10.9 Å². The molecule has 14 heavy (non-hydrogen) atoms. The van der Waals surface area contributed by atoms with E-state index < -0.39 is 0 Å². The molecule has 0 N–H and O–H groups in total. The Kier molecular flexibility index (Phi) is 2.15. The Hall–Kier alpha value is -1.51. The average molecular weight is 190 g/mol. The van der Waals surface area contributed by atoms with Crippen LogP contribution in [0.3, 0.4) is 0 Å². The normalized spacial score (nSPS) is 10.8. The smallest absolute Gasteiger partial charge is 0.119 e. The Balaban J connectivity index is 2.70. The van der Waals surface area contributed by atoms with Crippen LogP contribution in [-0.2, 0) is 6.54 Å². The molecule has 1 heterocycles. The Bertz CT molecular complexity index is 460. The first-order valence-corrected chi connectivity index (χ1v) is 4.77. The molecule has 0 amide bonds. The minimum Gasteiger partial charge on any atom is -0.497 e. The van der Waals surface area contributed by atoms with Crippen LogP contribution in [0.4, 0.5) is 0 Å². The number of hydrogen-bond donors (Lipinski definition) is 0. The summed E-state index contributed by atoms with van der Waals surface area (Å²) in [5.74, 6) is 0.885. The van der Waals surface area contributed by atoms with Crippen LogP contribution in [0.15, 0.2) is 18.2 Å². The molecular weight excluding hydrogens is 176 g/mol. The van der Waals surface area contributed by atoms with Crippen LogP contribution in [0.1, 0.15) is 12.6 Å². The van der Waals surface area contributed by atoms with Crippen LogP contribution in [0.5, 0.6) is 5.75 Å². The fraction of sp³-hybridized carbons (Fsp3) is 0.364. The van der Waals surface area contributed by atoms with Crippen molar-refractivity contribution in [2.45, 2.75) is 20.4 Å². The van der Waals surface area contributed by atoms with Crippen molar-refractivity contribution in [3.8, 4) is 5.75 Å². The number of aryl methyl sites for hydroxylation is 2. The summed E-state index contributed by atoms with van der Waals surface area (Å²) in [4.78, 5) is 0. The minimum absolute atomic E-state index is 0.885. The zero-order valence-electron chi connectivity index (χ0n) is 8.74. The van der Waals surface area contributed by atoms with Gasteiger partial charge < -0.3 is 4.74 Å². The summed E-state index contributed by atoms with van der Waals surface area (Å²) >= 11 is 0. The van der Waals surface area contributed by atoms with E-state index in [2.05, 4.69) is 18.1 Å². The lowest BCUT2D eigenvalue weighted by molar-refractivity contribution is 0.415. The van der Waals surface area contributed by atoms with E-state index in [0.29, 0.717) is 0 Å². The number of aromatic nitrogens is 2. The first-order valence-electron chi connectivity index (χ1n) is 4.77. The maximum absolute atomic E-state index is 5.18. The highest BCUT2D eigenvalue weighted by Gasteiger charge is 2.06. The van der Waals surface area contributed by atoms with Crippen molar-refractivity contribution in [3.63, 3.8) is 0 Å². The van der Waals surface area contributed by atoms with Gasteiger partial charge in [0.2, 0.25) is 0 Å². The maximum Gasteiger partial charge on any atom is 0.119 e. The van der Waals surface area contributed by atoms with Gasteiger partial charge in [0.1, 0.15) is 5.75 Å². The molecule has 3 heteroatoms. The van der Waals surface area contributed by atoms with Gasteiger partial charge in [0.25, 0.3) is 0 Å². The molecule has 0 aliphatic carbocycles. The van der Waals surface area contributed by atoms with Gasteiger partial charge in [-0.05, 0) is 32.0 Å². The highest BCUT2D eigenvalue weighted by Crippen LogP contribution is 2.23. The monoisotopic (exact) mass is 190 g/mol. The molecule has 0 bridgehead atoms. The summed E-state index contributed by atoms with van der Waals surface area (Å²) in [5.41, 5.74) is 2.23. The number of ether oxygens (including phenoxy) is 1. The zero-order valence-corrected chi connectivity index (χ0v) is 8.74. The van der Waals surface area contributed by atoms with Crippen molar-refractivity contribution >= 4 is 10.9 Å².